The molecular weight excluding hydrogens is 328 g/mol. The Morgan fingerprint density at radius 1 is 1.00 bits per heavy atom. The second-order valence-corrected chi connectivity index (χ2v) is 6.83. The summed E-state index contributed by atoms with van der Waals surface area (Å²) in [6.45, 7) is 1.44. The van der Waals surface area contributed by atoms with Gasteiger partial charge >= 0.3 is 0 Å². The third-order valence-corrected chi connectivity index (χ3v) is 5.46. The maximum atomic E-state index is 12.7. The van der Waals surface area contributed by atoms with Crippen LogP contribution in [0.4, 0.5) is 11.6 Å². The van der Waals surface area contributed by atoms with Crippen molar-refractivity contribution in [3.05, 3.63) is 60.2 Å². The third kappa shape index (κ3) is 2.22. The molecule has 5 rings (SSSR count). The average molecular weight is 346 g/mol. The molecule has 2 aromatic carbocycles. The Morgan fingerprint density at radius 3 is 2.54 bits per heavy atom. The fraction of sp³-hybridized carbons (Fsp3) is 0.250. The van der Waals surface area contributed by atoms with Gasteiger partial charge in [-0.2, -0.15) is 4.98 Å². The summed E-state index contributed by atoms with van der Waals surface area (Å²) in [5, 5.41) is 7.16. The number of hydrogen-bond acceptors (Lipinski definition) is 5. The molecule has 6 nitrogen and oxygen atoms in total. The van der Waals surface area contributed by atoms with Crippen LogP contribution < -0.4 is 10.2 Å². The van der Waals surface area contributed by atoms with E-state index < -0.39 is 5.41 Å². The van der Waals surface area contributed by atoms with Crippen molar-refractivity contribution in [2.24, 2.45) is 0 Å². The molecule has 1 aromatic heterocycles. The second-order valence-electron chi connectivity index (χ2n) is 6.83. The molecule has 2 aliphatic rings. The highest BCUT2D eigenvalue weighted by Crippen LogP contribution is 2.45. The predicted molar refractivity (Wildman–Crippen MR) is 97.9 cm³/mol. The van der Waals surface area contributed by atoms with Gasteiger partial charge in [-0.1, -0.05) is 36.4 Å². The van der Waals surface area contributed by atoms with E-state index in [4.69, 9.17) is 4.52 Å². The van der Waals surface area contributed by atoms with Crippen LogP contribution in [0, 0.1) is 0 Å². The number of nitrogens with zero attached hydrogens (tertiary/aromatic N) is 3. The van der Waals surface area contributed by atoms with Crippen LogP contribution in [0.3, 0.4) is 0 Å². The molecule has 1 saturated heterocycles. The van der Waals surface area contributed by atoms with Crippen LogP contribution in [-0.2, 0) is 10.2 Å². The molecule has 0 atom stereocenters. The lowest BCUT2D eigenvalue weighted by atomic mass is 9.74. The summed E-state index contributed by atoms with van der Waals surface area (Å²) in [4.78, 5) is 19.3. The van der Waals surface area contributed by atoms with Gasteiger partial charge in [0.2, 0.25) is 5.91 Å². The number of hydrogen-bond donors (Lipinski definition) is 1. The van der Waals surface area contributed by atoms with Gasteiger partial charge in [0.1, 0.15) is 0 Å². The van der Waals surface area contributed by atoms with Crippen LogP contribution in [-0.4, -0.2) is 29.1 Å². The number of para-hydroxylation sites is 1. The molecule has 6 heteroatoms. The van der Waals surface area contributed by atoms with Crippen molar-refractivity contribution in [1.29, 1.82) is 0 Å². The number of aromatic nitrogens is 2. The highest BCUT2D eigenvalue weighted by molar-refractivity contribution is 6.06. The zero-order chi connectivity index (χ0) is 17.6. The number of rotatable bonds is 2. The minimum absolute atomic E-state index is 0.108. The Bertz CT molecular complexity index is 959. The first kappa shape index (κ1) is 15.1. The zero-order valence-corrected chi connectivity index (χ0v) is 14.2. The monoisotopic (exact) mass is 346 g/mol. The van der Waals surface area contributed by atoms with E-state index in [1.165, 1.54) is 0 Å². The van der Waals surface area contributed by atoms with Gasteiger partial charge in [0.05, 0.1) is 5.41 Å². The largest absolute Gasteiger partial charge is 0.338 e. The lowest BCUT2D eigenvalue weighted by Gasteiger charge is -2.37. The van der Waals surface area contributed by atoms with Crippen LogP contribution in [0.2, 0.25) is 0 Å². The molecule has 2 aliphatic heterocycles. The third-order valence-electron chi connectivity index (χ3n) is 5.46. The smallest absolute Gasteiger partial charge is 0.266 e. The van der Waals surface area contributed by atoms with Gasteiger partial charge < -0.3 is 14.7 Å². The predicted octanol–water partition coefficient (Wildman–Crippen LogP) is 3.23. The lowest BCUT2D eigenvalue weighted by molar-refractivity contribution is -0.121. The second kappa shape index (κ2) is 5.69. The molecule has 3 heterocycles. The summed E-state index contributed by atoms with van der Waals surface area (Å²) in [5.41, 5.74) is 2.53. The molecule has 0 saturated carbocycles. The number of anilines is 2. The minimum atomic E-state index is -0.431. The molecule has 1 fully saturated rings. The number of nitrogens with one attached hydrogen (secondary N) is 1. The van der Waals surface area contributed by atoms with E-state index in [-0.39, 0.29) is 5.91 Å². The number of fused-ring (bicyclic) bond motifs is 2. The van der Waals surface area contributed by atoms with Gasteiger partial charge in [-0.15, -0.1) is 0 Å². The van der Waals surface area contributed by atoms with Crippen molar-refractivity contribution in [1.82, 2.24) is 10.1 Å². The molecular formula is C20H18N4O2. The summed E-state index contributed by atoms with van der Waals surface area (Å²) in [6, 6.07) is 17.7. The van der Waals surface area contributed by atoms with Crippen molar-refractivity contribution < 1.29 is 9.32 Å². The summed E-state index contributed by atoms with van der Waals surface area (Å²) in [6.07, 6.45) is 1.48. The van der Waals surface area contributed by atoms with Crippen molar-refractivity contribution in [2.75, 3.05) is 23.3 Å². The maximum absolute atomic E-state index is 12.7. The first-order valence-corrected chi connectivity index (χ1v) is 8.81. The van der Waals surface area contributed by atoms with Crippen molar-refractivity contribution in [3.63, 3.8) is 0 Å². The van der Waals surface area contributed by atoms with Crippen LogP contribution >= 0.6 is 0 Å². The van der Waals surface area contributed by atoms with Crippen molar-refractivity contribution in [2.45, 2.75) is 18.3 Å². The fourth-order valence-electron chi connectivity index (χ4n) is 4.00. The van der Waals surface area contributed by atoms with Gasteiger partial charge in [-0.25, -0.2) is 0 Å². The molecule has 1 spiro atoms. The number of amides is 1. The number of piperidine rings is 1. The molecule has 0 bridgehead atoms. The van der Waals surface area contributed by atoms with Gasteiger partial charge in [0, 0.05) is 24.3 Å². The average Bonchev–Trinajstić information content (AvgIpc) is 3.28. The van der Waals surface area contributed by atoms with E-state index in [0.717, 1.165) is 42.7 Å². The Balaban J connectivity index is 1.37. The Morgan fingerprint density at radius 2 is 1.73 bits per heavy atom. The van der Waals surface area contributed by atoms with Crippen molar-refractivity contribution >= 4 is 17.5 Å². The minimum Gasteiger partial charge on any atom is -0.338 e. The zero-order valence-electron chi connectivity index (χ0n) is 14.2. The van der Waals surface area contributed by atoms with Crippen LogP contribution in [0.5, 0.6) is 0 Å². The molecule has 1 amide bonds. The van der Waals surface area contributed by atoms with Crippen LogP contribution in [0.1, 0.15) is 18.4 Å². The highest BCUT2D eigenvalue weighted by atomic mass is 16.5. The van der Waals surface area contributed by atoms with E-state index >= 15 is 0 Å². The Hall–Kier alpha value is -3.15. The maximum Gasteiger partial charge on any atom is 0.266 e. The fourth-order valence-corrected chi connectivity index (χ4v) is 4.00. The number of benzene rings is 2. The molecule has 0 unspecified atom stereocenters. The molecule has 1 N–H and O–H groups in total. The van der Waals surface area contributed by atoms with E-state index in [1.807, 2.05) is 48.5 Å². The van der Waals surface area contributed by atoms with E-state index in [0.29, 0.717) is 11.8 Å². The highest BCUT2D eigenvalue weighted by Gasteiger charge is 2.48. The molecule has 130 valence electrons. The molecule has 0 radical (unpaired) electrons. The first-order valence-electron chi connectivity index (χ1n) is 8.81. The van der Waals surface area contributed by atoms with Gasteiger partial charge in [-0.05, 0) is 41.8 Å². The van der Waals surface area contributed by atoms with E-state index in [9.17, 15) is 4.79 Å². The van der Waals surface area contributed by atoms with E-state index in [1.54, 1.807) is 0 Å². The Labute approximate surface area is 150 Å². The summed E-state index contributed by atoms with van der Waals surface area (Å²) in [7, 11) is 0. The molecule has 26 heavy (non-hydrogen) atoms. The van der Waals surface area contributed by atoms with E-state index in [2.05, 4.69) is 26.4 Å². The van der Waals surface area contributed by atoms with Crippen LogP contribution in [0.15, 0.2) is 59.1 Å². The lowest BCUT2D eigenvalue weighted by Crippen LogP contribution is -2.46. The normalized spacial score (nSPS) is 18.0. The van der Waals surface area contributed by atoms with Gasteiger partial charge in [0.15, 0.2) is 0 Å². The summed E-state index contributed by atoms with van der Waals surface area (Å²) < 4.78 is 5.42. The number of carbonyl (C=O) groups excluding carboxylic acids is 1. The standard InChI is InChI=1S/C20H18N4O2/c25-18-20(15-8-4-5-9-16(15)21-18)10-12-24(13-11-20)19-22-17(26-23-19)14-6-2-1-3-7-14/h1-9H,10-13H2,(H,21,25). The molecule has 0 aliphatic carbocycles. The SMILES string of the molecule is O=C1Nc2ccccc2C12CCN(c1noc(-c3ccccc3)n1)CC2. The Kier molecular flexibility index (Phi) is 3.31. The molecule has 3 aromatic rings. The van der Waals surface area contributed by atoms with Crippen molar-refractivity contribution in [3.8, 4) is 11.5 Å². The summed E-state index contributed by atoms with van der Waals surface area (Å²) >= 11 is 0. The first-order chi connectivity index (χ1) is 12.8. The number of carbonyl (C=O) groups is 1. The van der Waals surface area contributed by atoms with Crippen LogP contribution in [0.25, 0.3) is 11.5 Å². The topological polar surface area (TPSA) is 71.3 Å². The quantitative estimate of drug-likeness (QED) is 0.771. The van der Waals surface area contributed by atoms with Gasteiger partial charge in [0.25, 0.3) is 11.8 Å². The summed E-state index contributed by atoms with van der Waals surface area (Å²) in [5.74, 6) is 1.21. The van der Waals surface area contributed by atoms with Gasteiger partial charge in [-0.3, -0.25) is 4.79 Å².